The molecule has 0 radical (unpaired) electrons. The second-order valence-electron chi connectivity index (χ2n) is 4.12. The monoisotopic (exact) mass is 265 g/mol. The van der Waals surface area contributed by atoms with Crippen molar-refractivity contribution in [2.75, 3.05) is 17.2 Å². The summed E-state index contributed by atoms with van der Waals surface area (Å²) in [6.07, 6.45) is 2.00. The van der Waals surface area contributed by atoms with Crippen LogP contribution in [0.25, 0.3) is 11.7 Å². The summed E-state index contributed by atoms with van der Waals surface area (Å²) in [5.74, 6) is 1.66. The third-order valence-electron chi connectivity index (χ3n) is 2.84. The summed E-state index contributed by atoms with van der Waals surface area (Å²) in [6.45, 7) is 0.572. The van der Waals surface area contributed by atoms with Gasteiger partial charge in [-0.3, -0.25) is 9.69 Å². The summed E-state index contributed by atoms with van der Waals surface area (Å²) in [4.78, 5) is 13.3. The van der Waals surface area contributed by atoms with Gasteiger partial charge in [0.2, 0.25) is 5.91 Å². The van der Waals surface area contributed by atoms with Gasteiger partial charge in [-0.25, -0.2) is 0 Å². The van der Waals surface area contributed by atoms with Crippen molar-refractivity contribution in [2.45, 2.75) is 6.42 Å². The Kier molecular flexibility index (Phi) is 2.83. The van der Waals surface area contributed by atoms with E-state index in [0.717, 1.165) is 0 Å². The molecule has 0 N–H and O–H groups in total. The molecule has 2 aromatic rings. The Bertz CT molecular complexity index is 552. The molecule has 18 heavy (non-hydrogen) atoms. The van der Waals surface area contributed by atoms with Crippen LogP contribution in [-0.2, 0) is 4.79 Å². The van der Waals surface area contributed by atoms with Crippen molar-refractivity contribution in [3.8, 4) is 11.7 Å². The van der Waals surface area contributed by atoms with Crippen LogP contribution in [0.4, 0.5) is 6.01 Å². The number of anilines is 1. The summed E-state index contributed by atoms with van der Waals surface area (Å²) < 4.78 is 10.6. The fraction of sp³-hybridized carbons (Fsp3) is 0.364. The van der Waals surface area contributed by atoms with Crippen LogP contribution in [0, 0.1) is 5.92 Å². The fourth-order valence-corrected chi connectivity index (χ4v) is 2.16. The molecule has 1 fully saturated rings. The highest BCUT2D eigenvalue weighted by Crippen LogP contribution is 2.27. The van der Waals surface area contributed by atoms with Crippen molar-refractivity contribution in [1.29, 1.82) is 0 Å². The molecule has 2 aromatic heterocycles. The van der Waals surface area contributed by atoms with Crippen LogP contribution < -0.4 is 4.90 Å². The summed E-state index contributed by atoms with van der Waals surface area (Å²) in [5.41, 5.74) is 0. The van der Waals surface area contributed by atoms with Crippen LogP contribution in [0.1, 0.15) is 6.42 Å². The first-order valence-electron chi connectivity index (χ1n) is 5.56. The number of thiol groups is 1. The number of rotatable bonds is 3. The molecule has 3 rings (SSSR count). The molecule has 0 saturated carbocycles. The Balaban J connectivity index is 1.84. The first-order chi connectivity index (χ1) is 8.78. The quantitative estimate of drug-likeness (QED) is 0.854. The summed E-state index contributed by atoms with van der Waals surface area (Å²) >= 11 is 4.20. The lowest BCUT2D eigenvalue weighted by Gasteiger charge is -2.09. The van der Waals surface area contributed by atoms with E-state index in [-0.39, 0.29) is 23.7 Å². The highest BCUT2D eigenvalue weighted by molar-refractivity contribution is 7.80. The van der Waals surface area contributed by atoms with E-state index in [1.807, 2.05) is 0 Å². The Labute approximate surface area is 108 Å². The third-order valence-corrected chi connectivity index (χ3v) is 3.36. The highest BCUT2D eigenvalue weighted by Gasteiger charge is 2.33. The first kappa shape index (κ1) is 11.3. The van der Waals surface area contributed by atoms with Gasteiger partial charge in [0.1, 0.15) is 0 Å². The standard InChI is InChI=1S/C11H11N3O3S/c15-9-4-7(6-18)5-14(9)11-13-12-10(17-11)8-2-1-3-16-8/h1-3,7,18H,4-6H2. The maximum atomic E-state index is 11.8. The third kappa shape index (κ3) is 1.90. The van der Waals surface area contributed by atoms with Gasteiger partial charge in [0.15, 0.2) is 5.76 Å². The van der Waals surface area contributed by atoms with E-state index in [2.05, 4.69) is 22.8 Å². The van der Waals surface area contributed by atoms with E-state index in [1.54, 1.807) is 12.1 Å². The van der Waals surface area contributed by atoms with Gasteiger partial charge in [0.25, 0.3) is 5.89 Å². The van der Waals surface area contributed by atoms with Gasteiger partial charge in [-0.05, 0) is 23.8 Å². The minimum atomic E-state index is -0.0105. The molecular weight excluding hydrogens is 254 g/mol. The maximum Gasteiger partial charge on any atom is 0.325 e. The summed E-state index contributed by atoms with van der Waals surface area (Å²) in [6, 6.07) is 3.67. The second kappa shape index (κ2) is 4.49. The zero-order valence-corrected chi connectivity index (χ0v) is 10.3. The maximum absolute atomic E-state index is 11.8. The van der Waals surface area contributed by atoms with Gasteiger partial charge in [0, 0.05) is 13.0 Å². The molecule has 0 aliphatic carbocycles. The van der Waals surface area contributed by atoms with E-state index >= 15 is 0 Å². The second-order valence-corrected chi connectivity index (χ2v) is 4.49. The van der Waals surface area contributed by atoms with Gasteiger partial charge in [-0.15, -0.1) is 5.10 Å². The summed E-state index contributed by atoms with van der Waals surface area (Å²) in [5, 5.41) is 7.74. The molecule has 0 spiro atoms. The normalized spacial score (nSPS) is 19.7. The van der Waals surface area contributed by atoms with Gasteiger partial charge in [-0.1, -0.05) is 5.10 Å². The van der Waals surface area contributed by atoms with Gasteiger partial charge >= 0.3 is 6.01 Å². The number of amides is 1. The molecule has 0 bridgehead atoms. The molecule has 6 nitrogen and oxygen atoms in total. The number of carbonyl (C=O) groups excluding carboxylic acids is 1. The molecule has 1 atom stereocenters. The van der Waals surface area contributed by atoms with Crippen LogP contribution in [0.3, 0.4) is 0 Å². The van der Waals surface area contributed by atoms with Crippen molar-refractivity contribution < 1.29 is 13.6 Å². The number of aromatic nitrogens is 2. The SMILES string of the molecule is O=C1CC(CS)CN1c1nnc(-c2ccco2)o1. The van der Waals surface area contributed by atoms with Gasteiger partial charge < -0.3 is 8.83 Å². The molecule has 3 heterocycles. The molecule has 94 valence electrons. The van der Waals surface area contributed by atoms with Crippen LogP contribution in [-0.4, -0.2) is 28.4 Å². The highest BCUT2D eigenvalue weighted by atomic mass is 32.1. The van der Waals surface area contributed by atoms with Gasteiger partial charge in [-0.2, -0.15) is 12.6 Å². The van der Waals surface area contributed by atoms with E-state index in [0.29, 0.717) is 24.5 Å². The molecule has 1 amide bonds. The number of carbonyl (C=O) groups is 1. The zero-order chi connectivity index (χ0) is 12.5. The predicted octanol–water partition coefficient (Wildman–Crippen LogP) is 1.61. The Morgan fingerprint density at radius 3 is 3.06 bits per heavy atom. The lowest BCUT2D eigenvalue weighted by atomic mass is 10.1. The lowest BCUT2D eigenvalue weighted by molar-refractivity contribution is -0.117. The van der Waals surface area contributed by atoms with Crippen LogP contribution >= 0.6 is 12.6 Å². The minimum Gasteiger partial charge on any atom is -0.459 e. The van der Waals surface area contributed by atoms with E-state index in [9.17, 15) is 4.79 Å². The average Bonchev–Trinajstić information content (AvgIpc) is 3.08. The molecule has 7 heteroatoms. The number of furan rings is 1. The van der Waals surface area contributed by atoms with Gasteiger partial charge in [0.05, 0.1) is 6.26 Å². The van der Waals surface area contributed by atoms with E-state index in [4.69, 9.17) is 8.83 Å². The first-order valence-corrected chi connectivity index (χ1v) is 6.20. The van der Waals surface area contributed by atoms with Crippen LogP contribution in [0.15, 0.2) is 27.2 Å². The minimum absolute atomic E-state index is 0.0105. The Morgan fingerprint density at radius 1 is 1.50 bits per heavy atom. The molecule has 1 aliphatic rings. The molecule has 1 saturated heterocycles. The number of hydrogen-bond acceptors (Lipinski definition) is 6. The fourth-order valence-electron chi connectivity index (χ4n) is 1.91. The smallest absolute Gasteiger partial charge is 0.325 e. The molecule has 0 aromatic carbocycles. The van der Waals surface area contributed by atoms with Crippen LogP contribution in [0.2, 0.25) is 0 Å². The van der Waals surface area contributed by atoms with Crippen molar-refractivity contribution in [3.63, 3.8) is 0 Å². The largest absolute Gasteiger partial charge is 0.459 e. The molecule has 1 unspecified atom stereocenters. The topological polar surface area (TPSA) is 72.4 Å². The van der Waals surface area contributed by atoms with Crippen molar-refractivity contribution in [1.82, 2.24) is 10.2 Å². The Morgan fingerprint density at radius 2 is 2.39 bits per heavy atom. The number of nitrogens with zero attached hydrogens (tertiary/aromatic N) is 3. The van der Waals surface area contributed by atoms with Crippen molar-refractivity contribution in [2.24, 2.45) is 5.92 Å². The average molecular weight is 265 g/mol. The summed E-state index contributed by atoms with van der Waals surface area (Å²) in [7, 11) is 0. The predicted molar refractivity (Wildman–Crippen MR) is 66.3 cm³/mol. The van der Waals surface area contributed by atoms with Crippen molar-refractivity contribution >= 4 is 24.6 Å². The molecular formula is C11H11N3O3S. The van der Waals surface area contributed by atoms with E-state index < -0.39 is 0 Å². The Hall–Kier alpha value is -1.76. The van der Waals surface area contributed by atoms with E-state index in [1.165, 1.54) is 11.2 Å². The lowest BCUT2D eigenvalue weighted by Crippen LogP contribution is -2.24. The van der Waals surface area contributed by atoms with Crippen molar-refractivity contribution in [3.05, 3.63) is 18.4 Å². The number of hydrogen-bond donors (Lipinski definition) is 1. The molecule has 1 aliphatic heterocycles. The zero-order valence-electron chi connectivity index (χ0n) is 9.44. The van der Waals surface area contributed by atoms with Crippen LogP contribution in [0.5, 0.6) is 0 Å².